The Hall–Kier alpha value is -1.68. The van der Waals surface area contributed by atoms with Crippen LogP contribution in [0.5, 0.6) is 0 Å². The Morgan fingerprint density at radius 2 is 1.85 bits per heavy atom. The van der Waals surface area contributed by atoms with E-state index in [4.69, 9.17) is 0 Å². The molecule has 0 aliphatic rings. The molecule has 1 aromatic carbocycles. The fourth-order valence-electron chi connectivity index (χ4n) is 2.34. The number of aromatic nitrogens is 1. The van der Waals surface area contributed by atoms with Crippen molar-refractivity contribution in [2.75, 3.05) is 5.32 Å². The summed E-state index contributed by atoms with van der Waals surface area (Å²) >= 11 is 1.62. The van der Waals surface area contributed by atoms with E-state index in [0.717, 1.165) is 27.5 Å². The van der Waals surface area contributed by atoms with E-state index in [1.807, 2.05) is 26.2 Å². The molecule has 2 aromatic rings. The summed E-state index contributed by atoms with van der Waals surface area (Å²) in [5, 5.41) is 6.09. The Bertz CT molecular complexity index is 608. The van der Waals surface area contributed by atoms with E-state index in [-0.39, 0.29) is 5.91 Å². The minimum Gasteiger partial charge on any atom is -0.326 e. The highest BCUT2D eigenvalue weighted by atomic mass is 32.1. The molecule has 1 N–H and O–H groups in total. The first-order valence-electron chi connectivity index (χ1n) is 6.74. The van der Waals surface area contributed by atoms with Gasteiger partial charge in [0.1, 0.15) is 0 Å². The van der Waals surface area contributed by atoms with Crippen LogP contribution in [0.15, 0.2) is 17.5 Å². The lowest BCUT2D eigenvalue weighted by Gasteiger charge is -2.12. The van der Waals surface area contributed by atoms with Crippen molar-refractivity contribution in [3.05, 3.63) is 44.9 Å². The second-order valence-corrected chi connectivity index (χ2v) is 6.24. The van der Waals surface area contributed by atoms with Crippen molar-refractivity contribution >= 4 is 22.9 Å². The molecule has 0 aliphatic carbocycles. The molecule has 0 unspecified atom stereocenters. The van der Waals surface area contributed by atoms with Crippen LogP contribution in [0.1, 0.15) is 33.8 Å². The highest BCUT2D eigenvalue weighted by Gasteiger charge is 2.09. The summed E-state index contributed by atoms with van der Waals surface area (Å²) in [5.74, 6) is 0.0470. The van der Waals surface area contributed by atoms with Crippen molar-refractivity contribution in [1.82, 2.24) is 4.98 Å². The number of benzene rings is 1. The molecule has 0 spiro atoms. The number of thiazole rings is 1. The quantitative estimate of drug-likeness (QED) is 0.925. The van der Waals surface area contributed by atoms with Crippen molar-refractivity contribution in [2.24, 2.45) is 0 Å². The number of amides is 1. The average molecular weight is 288 g/mol. The molecule has 0 aliphatic heterocycles. The van der Waals surface area contributed by atoms with Gasteiger partial charge in [-0.15, -0.1) is 11.3 Å². The molecule has 20 heavy (non-hydrogen) atoms. The zero-order chi connectivity index (χ0) is 14.7. The van der Waals surface area contributed by atoms with Crippen LogP contribution in [0.2, 0.25) is 0 Å². The zero-order valence-corrected chi connectivity index (χ0v) is 13.2. The molecule has 3 nitrogen and oxygen atoms in total. The van der Waals surface area contributed by atoms with Crippen LogP contribution < -0.4 is 5.32 Å². The van der Waals surface area contributed by atoms with Crippen molar-refractivity contribution in [3.63, 3.8) is 0 Å². The van der Waals surface area contributed by atoms with Gasteiger partial charge in [0.15, 0.2) is 0 Å². The van der Waals surface area contributed by atoms with Crippen molar-refractivity contribution in [1.29, 1.82) is 0 Å². The highest BCUT2D eigenvalue weighted by Crippen LogP contribution is 2.22. The molecule has 106 valence electrons. The molecule has 4 heteroatoms. The van der Waals surface area contributed by atoms with Gasteiger partial charge in [-0.3, -0.25) is 4.79 Å². The third kappa shape index (κ3) is 3.67. The van der Waals surface area contributed by atoms with E-state index in [9.17, 15) is 4.79 Å². The summed E-state index contributed by atoms with van der Waals surface area (Å²) in [6, 6.07) is 4.18. The van der Waals surface area contributed by atoms with Crippen LogP contribution in [-0.2, 0) is 11.2 Å². The summed E-state index contributed by atoms with van der Waals surface area (Å²) < 4.78 is 0. The Morgan fingerprint density at radius 3 is 2.40 bits per heavy atom. The van der Waals surface area contributed by atoms with Gasteiger partial charge in [-0.05, 0) is 45.2 Å². The summed E-state index contributed by atoms with van der Waals surface area (Å²) in [4.78, 5) is 16.4. The van der Waals surface area contributed by atoms with Gasteiger partial charge in [0, 0.05) is 17.5 Å². The zero-order valence-electron chi connectivity index (χ0n) is 12.4. The maximum atomic E-state index is 12.0. The van der Waals surface area contributed by atoms with Gasteiger partial charge in [0.2, 0.25) is 5.91 Å². The van der Waals surface area contributed by atoms with E-state index < -0.39 is 0 Å². The van der Waals surface area contributed by atoms with Gasteiger partial charge in [0.25, 0.3) is 0 Å². The van der Waals surface area contributed by atoms with Crippen molar-refractivity contribution in [3.8, 4) is 0 Å². The van der Waals surface area contributed by atoms with Crippen molar-refractivity contribution < 1.29 is 4.79 Å². The van der Waals surface area contributed by atoms with Crippen LogP contribution in [0, 0.1) is 27.7 Å². The van der Waals surface area contributed by atoms with E-state index in [1.165, 1.54) is 5.56 Å². The highest BCUT2D eigenvalue weighted by molar-refractivity contribution is 7.09. The Balaban J connectivity index is 1.98. The second-order valence-electron chi connectivity index (χ2n) is 5.18. The SMILES string of the molecule is Cc1cc(C)c(NC(=O)CCc2csc(C)n2)c(C)c1. The summed E-state index contributed by atoms with van der Waals surface area (Å²) in [7, 11) is 0. The molecule has 0 bridgehead atoms. The van der Waals surface area contributed by atoms with E-state index in [2.05, 4.69) is 29.4 Å². The average Bonchev–Trinajstić information content (AvgIpc) is 2.77. The molecule has 0 fully saturated rings. The predicted octanol–water partition coefficient (Wildman–Crippen LogP) is 3.95. The summed E-state index contributed by atoms with van der Waals surface area (Å²) in [5.41, 5.74) is 5.38. The van der Waals surface area contributed by atoms with E-state index >= 15 is 0 Å². The van der Waals surface area contributed by atoms with Crippen LogP contribution in [-0.4, -0.2) is 10.9 Å². The molecule has 2 rings (SSSR count). The molecule has 1 heterocycles. The molecule has 0 atom stereocenters. The monoisotopic (exact) mass is 288 g/mol. The topological polar surface area (TPSA) is 42.0 Å². The van der Waals surface area contributed by atoms with E-state index in [0.29, 0.717) is 12.8 Å². The minimum atomic E-state index is 0.0470. The third-order valence-electron chi connectivity index (χ3n) is 3.22. The third-order valence-corrected chi connectivity index (χ3v) is 4.04. The van der Waals surface area contributed by atoms with Gasteiger partial charge in [-0.25, -0.2) is 4.98 Å². The number of hydrogen-bond acceptors (Lipinski definition) is 3. The Kier molecular flexibility index (Phi) is 4.55. The fourth-order valence-corrected chi connectivity index (χ4v) is 2.99. The number of anilines is 1. The van der Waals surface area contributed by atoms with Crippen LogP contribution in [0.25, 0.3) is 0 Å². The normalized spacial score (nSPS) is 10.6. The number of carbonyl (C=O) groups is 1. The van der Waals surface area contributed by atoms with Gasteiger partial charge in [-0.2, -0.15) is 0 Å². The molecule has 1 amide bonds. The van der Waals surface area contributed by atoms with Gasteiger partial charge >= 0.3 is 0 Å². The maximum Gasteiger partial charge on any atom is 0.224 e. The van der Waals surface area contributed by atoms with Gasteiger partial charge in [0.05, 0.1) is 10.7 Å². The van der Waals surface area contributed by atoms with Gasteiger partial charge in [-0.1, -0.05) is 17.7 Å². The van der Waals surface area contributed by atoms with Gasteiger partial charge < -0.3 is 5.32 Å². The maximum absolute atomic E-state index is 12.0. The smallest absolute Gasteiger partial charge is 0.224 e. The first-order chi connectivity index (χ1) is 9.45. The minimum absolute atomic E-state index is 0.0470. The molecule has 0 saturated carbocycles. The number of nitrogens with zero attached hydrogens (tertiary/aromatic N) is 1. The lowest BCUT2D eigenvalue weighted by atomic mass is 10.0. The number of nitrogens with one attached hydrogen (secondary N) is 1. The first-order valence-corrected chi connectivity index (χ1v) is 7.62. The lowest BCUT2D eigenvalue weighted by molar-refractivity contribution is -0.116. The molecule has 1 aromatic heterocycles. The number of hydrogen-bond donors (Lipinski definition) is 1. The Labute approximate surface area is 124 Å². The largest absolute Gasteiger partial charge is 0.326 e. The van der Waals surface area contributed by atoms with Crippen LogP contribution >= 0.6 is 11.3 Å². The van der Waals surface area contributed by atoms with Crippen molar-refractivity contribution in [2.45, 2.75) is 40.5 Å². The number of aryl methyl sites for hydroxylation is 5. The first kappa shape index (κ1) is 14.7. The van der Waals surface area contributed by atoms with Crippen LogP contribution in [0.4, 0.5) is 5.69 Å². The molecular formula is C16H20N2OS. The summed E-state index contributed by atoms with van der Waals surface area (Å²) in [6.07, 6.45) is 1.16. The second kappa shape index (κ2) is 6.18. The molecule has 0 radical (unpaired) electrons. The fraction of sp³-hybridized carbons (Fsp3) is 0.375. The predicted molar refractivity (Wildman–Crippen MR) is 84.5 cm³/mol. The molecule has 0 saturated heterocycles. The standard InChI is InChI=1S/C16H20N2OS/c1-10-7-11(2)16(12(3)8-10)18-15(19)6-5-14-9-20-13(4)17-14/h7-9H,5-6H2,1-4H3,(H,18,19). The number of rotatable bonds is 4. The molecular weight excluding hydrogens is 268 g/mol. The lowest BCUT2D eigenvalue weighted by Crippen LogP contribution is -2.14. The number of carbonyl (C=O) groups excluding carboxylic acids is 1. The van der Waals surface area contributed by atoms with Crippen LogP contribution in [0.3, 0.4) is 0 Å². The Morgan fingerprint density at radius 1 is 1.20 bits per heavy atom. The summed E-state index contributed by atoms with van der Waals surface area (Å²) in [6.45, 7) is 8.10. The van der Waals surface area contributed by atoms with E-state index in [1.54, 1.807) is 11.3 Å².